The maximum absolute atomic E-state index is 12.6. The number of ether oxygens (including phenoxy) is 3. The normalized spacial score (nSPS) is 10.7. The number of para-hydroxylation sites is 2. The minimum Gasteiger partial charge on any atom is -0.493 e. The summed E-state index contributed by atoms with van der Waals surface area (Å²) in [7, 11) is 4.64. The zero-order valence-corrected chi connectivity index (χ0v) is 18.8. The summed E-state index contributed by atoms with van der Waals surface area (Å²) in [5, 5.41) is 3.75. The lowest BCUT2D eigenvalue weighted by molar-refractivity contribution is -0.115. The number of rotatable bonds is 8. The van der Waals surface area contributed by atoms with E-state index in [1.165, 1.54) is 11.8 Å². The number of hydrogen-bond acceptors (Lipinski definition) is 6. The summed E-state index contributed by atoms with van der Waals surface area (Å²) in [6, 6.07) is 19.1. The molecular weight excluding hydrogens is 426 g/mol. The second-order valence-corrected chi connectivity index (χ2v) is 8.01. The van der Waals surface area contributed by atoms with E-state index in [1.54, 1.807) is 33.5 Å². The van der Waals surface area contributed by atoms with Crippen LogP contribution in [0.25, 0.3) is 11.0 Å². The van der Waals surface area contributed by atoms with Crippen molar-refractivity contribution in [1.82, 2.24) is 9.97 Å². The Labute approximate surface area is 190 Å². The Morgan fingerprint density at radius 3 is 2.28 bits per heavy atom. The fourth-order valence-corrected chi connectivity index (χ4v) is 4.12. The molecule has 0 unspecified atom stereocenters. The van der Waals surface area contributed by atoms with Crippen molar-refractivity contribution in [2.24, 2.45) is 0 Å². The second-order valence-electron chi connectivity index (χ2n) is 6.94. The first-order chi connectivity index (χ1) is 15.6. The van der Waals surface area contributed by atoms with Crippen molar-refractivity contribution in [3.05, 3.63) is 66.2 Å². The lowest BCUT2D eigenvalue weighted by Crippen LogP contribution is -2.14. The molecule has 0 aliphatic carbocycles. The number of H-pyrrole nitrogens is 1. The van der Waals surface area contributed by atoms with E-state index in [4.69, 9.17) is 14.2 Å². The van der Waals surface area contributed by atoms with Gasteiger partial charge in [0.15, 0.2) is 16.7 Å². The number of aromatic amines is 1. The molecule has 1 heterocycles. The van der Waals surface area contributed by atoms with Crippen LogP contribution < -0.4 is 19.5 Å². The summed E-state index contributed by atoms with van der Waals surface area (Å²) in [5.41, 5.74) is 3.42. The lowest BCUT2D eigenvalue weighted by atomic mass is 10.1. The maximum Gasteiger partial charge on any atom is 0.228 e. The number of fused-ring (bicyclic) bond motifs is 1. The summed E-state index contributed by atoms with van der Waals surface area (Å²) in [6.07, 6.45) is 0.173. The number of benzene rings is 3. The van der Waals surface area contributed by atoms with Gasteiger partial charge in [-0.3, -0.25) is 4.79 Å². The number of methoxy groups -OCH3 is 3. The molecule has 2 N–H and O–H groups in total. The van der Waals surface area contributed by atoms with Gasteiger partial charge in [-0.05, 0) is 54.1 Å². The Morgan fingerprint density at radius 1 is 0.969 bits per heavy atom. The number of carbonyl (C=O) groups is 1. The molecule has 8 heteroatoms. The van der Waals surface area contributed by atoms with Crippen molar-refractivity contribution in [2.75, 3.05) is 26.6 Å². The molecule has 3 aromatic carbocycles. The van der Waals surface area contributed by atoms with Crippen LogP contribution >= 0.6 is 11.8 Å². The Hall–Kier alpha value is -3.65. The Bertz CT molecular complexity index is 1180. The molecule has 0 saturated carbocycles. The number of amides is 1. The van der Waals surface area contributed by atoms with E-state index < -0.39 is 0 Å². The zero-order valence-electron chi connectivity index (χ0n) is 18.0. The van der Waals surface area contributed by atoms with Crippen molar-refractivity contribution in [3.8, 4) is 17.2 Å². The number of imidazole rings is 1. The van der Waals surface area contributed by atoms with Crippen molar-refractivity contribution in [2.45, 2.75) is 16.5 Å². The van der Waals surface area contributed by atoms with E-state index in [-0.39, 0.29) is 12.3 Å². The zero-order chi connectivity index (χ0) is 22.5. The van der Waals surface area contributed by atoms with Crippen LogP contribution in [-0.2, 0) is 11.2 Å². The van der Waals surface area contributed by atoms with Crippen LogP contribution in [0.1, 0.15) is 5.56 Å². The fourth-order valence-electron chi connectivity index (χ4n) is 3.32. The predicted octanol–water partition coefficient (Wildman–Crippen LogP) is 4.92. The van der Waals surface area contributed by atoms with Crippen LogP contribution in [0.3, 0.4) is 0 Å². The van der Waals surface area contributed by atoms with Crippen LogP contribution in [0.4, 0.5) is 5.69 Å². The van der Waals surface area contributed by atoms with Crippen molar-refractivity contribution in [1.29, 1.82) is 0 Å². The fraction of sp³-hybridized carbons (Fsp3) is 0.167. The van der Waals surface area contributed by atoms with Gasteiger partial charge in [-0.1, -0.05) is 23.9 Å². The van der Waals surface area contributed by atoms with Gasteiger partial charge in [0, 0.05) is 10.6 Å². The lowest BCUT2D eigenvalue weighted by Gasteiger charge is -2.14. The van der Waals surface area contributed by atoms with E-state index in [1.807, 2.05) is 48.5 Å². The van der Waals surface area contributed by atoms with Crippen LogP contribution in [-0.4, -0.2) is 37.2 Å². The number of nitrogens with zero attached hydrogens (tertiary/aromatic N) is 1. The molecule has 164 valence electrons. The van der Waals surface area contributed by atoms with Crippen molar-refractivity contribution >= 4 is 34.4 Å². The third kappa shape index (κ3) is 4.81. The summed E-state index contributed by atoms with van der Waals surface area (Å²) < 4.78 is 16.0. The van der Waals surface area contributed by atoms with E-state index in [0.29, 0.717) is 17.2 Å². The van der Waals surface area contributed by atoms with E-state index in [2.05, 4.69) is 15.3 Å². The highest BCUT2D eigenvalue weighted by molar-refractivity contribution is 7.99. The average molecular weight is 450 g/mol. The minimum absolute atomic E-state index is 0.142. The first kappa shape index (κ1) is 21.6. The Kier molecular flexibility index (Phi) is 6.51. The SMILES string of the molecule is COc1cc(CC(=O)Nc2ccc(Sc3nc4ccccc4[nH]3)cc2)cc(OC)c1OC. The standard InChI is InChI=1S/C24H23N3O4S/c1-29-20-12-15(13-21(30-2)23(20)31-3)14-22(28)25-16-8-10-17(11-9-16)32-24-26-18-6-4-5-7-19(18)27-24/h4-13H,14H2,1-3H3,(H,25,28)(H,26,27). The highest BCUT2D eigenvalue weighted by Gasteiger charge is 2.15. The van der Waals surface area contributed by atoms with Gasteiger partial charge in [0.1, 0.15) is 0 Å². The smallest absolute Gasteiger partial charge is 0.228 e. The molecule has 1 aromatic heterocycles. The number of nitrogens with one attached hydrogen (secondary N) is 2. The van der Waals surface area contributed by atoms with Crippen LogP contribution in [0.15, 0.2) is 70.7 Å². The monoisotopic (exact) mass is 449 g/mol. The Balaban J connectivity index is 1.40. The topological polar surface area (TPSA) is 85.5 Å². The molecule has 32 heavy (non-hydrogen) atoms. The van der Waals surface area contributed by atoms with Gasteiger partial charge in [0.25, 0.3) is 0 Å². The number of aromatic nitrogens is 2. The predicted molar refractivity (Wildman–Crippen MR) is 125 cm³/mol. The molecule has 0 fully saturated rings. The molecule has 0 saturated heterocycles. The van der Waals surface area contributed by atoms with Crippen LogP contribution in [0.5, 0.6) is 17.2 Å². The summed E-state index contributed by atoms with van der Waals surface area (Å²) in [5.74, 6) is 1.39. The van der Waals surface area contributed by atoms with Crippen LogP contribution in [0.2, 0.25) is 0 Å². The van der Waals surface area contributed by atoms with Crippen molar-refractivity contribution < 1.29 is 19.0 Å². The molecule has 0 aliphatic rings. The summed E-state index contributed by atoms with van der Waals surface area (Å²) in [6.45, 7) is 0. The van der Waals surface area contributed by atoms with Crippen molar-refractivity contribution in [3.63, 3.8) is 0 Å². The molecule has 7 nitrogen and oxygen atoms in total. The third-order valence-electron chi connectivity index (χ3n) is 4.81. The first-order valence-corrected chi connectivity index (χ1v) is 10.7. The third-order valence-corrected chi connectivity index (χ3v) is 5.70. The molecule has 4 rings (SSSR count). The average Bonchev–Trinajstić information content (AvgIpc) is 3.22. The highest BCUT2D eigenvalue weighted by Crippen LogP contribution is 2.38. The molecule has 0 radical (unpaired) electrons. The van der Waals surface area contributed by atoms with Gasteiger partial charge >= 0.3 is 0 Å². The number of anilines is 1. The van der Waals surface area contributed by atoms with Gasteiger partial charge in [-0.25, -0.2) is 4.98 Å². The molecule has 0 spiro atoms. The van der Waals surface area contributed by atoms with Gasteiger partial charge < -0.3 is 24.5 Å². The molecule has 1 amide bonds. The van der Waals surface area contributed by atoms with Gasteiger partial charge in [-0.15, -0.1) is 0 Å². The second kappa shape index (κ2) is 9.65. The number of carbonyl (C=O) groups excluding carboxylic acids is 1. The van der Waals surface area contributed by atoms with Gasteiger partial charge in [0.05, 0.1) is 38.8 Å². The summed E-state index contributed by atoms with van der Waals surface area (Å²) >= 11 is 1.54. The van der Waals surface area contributed by atoms with E-state index in [9.17, 15) is 4.79 Å². The largest absolute Gasteiger partial charge is 0.493 e. The molecule has 4 aromatic rings. The molecule has 0 aliphatic heterocycles. The van der Waals surface area contributed by atoms with E-state index >= 15 is 0 Å². The Morgan fingerprint density at radius 2 is 1.66 bits per heavy atom. The van der Waals surface area contributed by atoms with Gasteiger partial charge in [-0.2, -0.15) is 0 Å². The number of hydrogen-bond donors (Lipinski definition) is 2. The first-order valence-electron chi connectivity index (χ1n) is 9.91. The van der Waals surface area contributed by atoms with Gasteiger partial charge in [0.2, 0.25) is 11.7 Å². The van der Waals surface area contributed by atoms with Crippen LogP contribution in [0, 0.1) is 0 Å². The minimum atomic E-state index is -0.142. The highest BCUT2D eigenvalue weighted by atomic mass is 32.2. The summed E-state index contributed by atoms with van der Waals surface area (Å²) in [4.78, 5) is 21.5. The maximum atomic E-state index is 12.6. The van der Waals surface area contributed by atoms with E-state index in [0.717, 1.165) is 32.3 Å². The quantitative estimate of drug-likeness (QED) is 0.397. The molecule has 0 bridgehead atoms. The molecular formula is C24H23N3O4S. The molecule has 0 atom stereocenters.